The molecule has 17 unspecified atom stereocenters. The Hall–Kier alpha value is 0. The highest BCUT2D eigenvalue weighted by molar-refractivity contribution is 5.21. The maximum atomic E-state index is 2.83. The van der Waals surface area contributed by atoms with Gasteiger partial charge in [-0.15, -0.1) is 0 Å². The summed E-state index contributed by atoms with van der Waals surface area (Å²) in [6.07, 6.45) is 27.6. The Labute approximate surface area is 313 Å². The second kappa shape index (κ2) is 13.1. The van der Waals surface area contributed by atoms with E-state index in [9.17, 15) is 0 Å². The van der Waals surface area contributed by atoms with Crippen LogP contribution in [0.1, 0.15) is 192 Å². The third-order valence-electron chi connectivity index (χ3n) is 22.0. The maximum Gasteiger partial charge on any atom is -0.0227 e. The van der Waals surface area contributed by atoms with Gasteiger partial charge in [-0.05, 0) is 193 Å². The van der Waals surface area contributed by atoms with Crippen molar-refractivity contribution in [3.05, 3.63) is 0 Å². The second-order valence-electron chi connectivity index (χ2n) is 23.4. The van der Waals surface area contributed by atoms with Gasteiger partial charge in [-0.25, -0.2) is 0 Å². The number of fused-ring (bicyclic) bond motifs is 13. The fraction of sp³-hybridized carbons (Fsp3) is 1.00. The van der Waals surface area contributed by atoms with E-state index in [4.69, 9.17) is 0 Å². The minimum absolute atomic E-state index is 0.506. The average molecular weight is 687 g/mol. The molecule has 17 atom stereocenters. The van der Waals surface area contributed by atoms with Gasteiger partial charge in [0.2, 0.25) is 0 Å². The van der Waals surface area contributed by atoms with Gasteiger partial charge in [-0.1, -0.05) is 121 Å². The zero-order chi connectivity index (χ0) is 35.5. The molecule has 0 aromatic heterocycles. The molecule has 0 nitrogen and oxygen atoms in total. The van der Waals surface area contributed by atoms with Crippen LogP contribution in [-0.4, -0.2) is 0 Å². The second-order valence-corrected chi connectivity index (χ2v) is 23.4. The van der Waals surface area contributed by atoms with Crippen LogP contribution in [0.4, 0.5) is 0 Å². The van der Waals surface area contributed by atoms with Crippen LogP contribution in [0, 0.1) is 122 Å². The molecule has 0 N–H and O–H groups in total. The minimum atomic E-state index is 0.506. The van der Waals surface area contributed by atoms with Crippen molar-refractivity contribution in [2.24, 2.45) is 122 Å². The van der Waals surface area contributed by atoms with Crippen LogP contribution in [-0.2, 0) is 0 Å². The quantitative estimate of drug-likeness (QED) is 0.261. The zero-order valence-electron chi connectivity index (χ0n) is 35.5. The van der Waals surface area contributed by atoms with E-state index in [2.05, 4.69) is 76.2 Å². The van der Waals surface area contributed by atoms with Crippen LogP contribution in [0.2, 0.25) is 0 Å². The van der Waals surface area contributed by atoms with Crippen molar-refractivity contribution in [1.29, 1.82) is 0 Å². The highest BCUT2D eigenvalue weighted by Crippen LogP contribution is 2.80. The van der Waals surface area contributed by atoms with E-state index < -0.39 is 0 Å². The fourth-order valence-electron chi connectivity index (χ4n) is 19.3. The van der Waals surface area contributed by atoms with Gasteiger partial charge >= 0.3 is 0 Å². The molecule has 0 aliphatic heterocycles. The maximum absolute atomic E-state index is 2.83. The van der Waals surface area contributed by atoms with Gasteiger partial charge in [-0.3, -0.25) is 0 Å². The molecular weight excluding hydrogens is 601 g/mol. The molecule has 1 spiro atoms. The Morgan fingerprint density at radius 3 is 1.68 bits per heavy atom. The Balaban J connectivity index is 1.31. The monoisotopic (exact) mass is 687 g/mol. The molecule has 8 rings (SSSR count). The Morgan fingerprint density at radius 2 is 1.04 bits per heavy atom. The molecule has 0 radical (unpaired) electrons. The van der Waals surface area contributed by atoms with Crippen LogP contribution in [0.15, 0.2) is 0 Å². The molecule has 286 valence electrons. The molecule has 0 heteroatoms. The standard InChI is InChI=1S/C50H86/c1-12-48(10,13-2)34-27-35(49(11,14-3)15-4)29-50(28-34)41-23-22-40-45(43-36-19-17-16-18-33(36)20-21-39(43)47(40,8)9)44(41)38-26-32(7)42-31(6)24-30(5)25-37(42)46(38)50/h30-46H,12-29H2,1-11H3. The molecule has 8 aliphatic rings. The average Bonchev–Trinajstić information content (AvgIpc) is 3.51. The number of rotatable bonds is 6. The molecule has 0 aromatic carbocycles. The number of hydrogen-bond acceptors (Lipinski definition) is 0. The first-order valence-corrected chi connectivity index (χ1v) is 23.8. The van der Waals surface area contributed by atoms with Crippen LogP contribution >= 0.6 is 0 Å². The van der Waals surface area contributed by atoms with Crippen molar-refractivity contribution in [2.45, 2.75) is 192 Å². The topological polar surface area (TPSA) is 0 Å². The van der Waals surface area contributed by atoms with Crippen LogP contribution < -0.4 is 0 Å². The predicted octanol–water partition coefficient (Wildman–Crippen LogP) is 14.8. The van der Waals surface area contributed by atoms with Gasteiger partial charge in [0, 0.05) is 0 Å². The van der Waals surface area contributed by atoms with Gasteiger partial charge < -0.3 is 0 Å². The van der Waals surface area contributed by atoms with Gasteiger partial charge in [0.15, 0.2) is 0 Å². The van der Waals surface area contributed by atoms with Crippen LogP contribution in [0.3, 0.4) is 0 Å². The minimum Gasteiger partial charge on any atom is -0.0649 e. The van der Waals surface area contributed by atoms with E-state index in [0.29, 0.717) is 21.7 Å². The van der Waals surface area contributed by atoms with Gasteiger partial charge in [0.1, 0.15) is 0 Å². The van der Waals surface area contributed by atoms with Crippen molar-refractivity contribution in [3.63, 3.8) is 0 Å². The van der Waals surface area contributed by atoms with E-state index in [1.165, 1.54) is 44.9 Å². The van der Waals surface area contributed by atoms with Crippen LogP contribution in [0.5, 0.6) is 0 Å². The molecule has 8 saturated carbocycles. The summed E-state index contributed by atoms with van der Waals surface area (Å²) >= 11 is 0. The molecule has 0 saturated heterocycles. The van der Waals surface area contributed by atoms with Crippen molar-refractivity contribution >= 4 is 0 Å². The lowest BCUT2D eigenvalue weighted by Gasteiger charge is -2.61. The smallest absolute Gasteiger partial charge is 0.0227 e. The first-order valence-electron chi connectivity index (χ1n) is 23.8. The van der Waals surface area contributed by atoms with Crippen molar-refractivity contribution in [3.8, 4) is 0 Å². The molecule has 0 amide bonds. The Bertz CT molecular complexity index is 1170. The molecule has 0 heterocycles. The predicted molar refractivity (Wildman–Crippen MR) is 215 cm³/mol. The van der Waals surface area contributed by atoms with E-state index in [1.807, 2.05) is 0 Å². The normalized spacial score (nSPS) is 52.7. The van der Waals surface area contributed by atoms with Gasteiger partial charge in [0.25, 0.3) is 0 Å². The number of hydrogen-bond donors (Lipinski definition) is 0. The summed E-state index contributed by atoms with van der Waals surface area (Å²) in [4.78, 5) is 0. The van der Waals surface area contributed by atoms with E-state index in [0.717, 1.165) is 101 Å². The SMILES string of the molecule is CCC(C)(CC)C1CC(C(C)(CC)CC)CC2(C1)C1CCC3C(C4C5CCCCC5CCC4C3(C)C)C1C1CC(C)C3C(C)CC(C)CC3C12. The van der Waals surface area contributed by atoms with E-state index in [-0.39, 0.29) is 0 Å². The highest BCUT2D eigenvalue weighted by Gasteiger charge is 2.73. The van der Waals surface area contributed by atoms with E-state index in [1.54, 1.807) is 70.6 Å². The first-order chi connectivity index (χ1) is 23.8. The lowest BCUT2D eigenvalue weighted by molar-refractivity contribution is -0.124. The Kier molecular flexibility index (Phi) is 9.65. The van der Waals surface area contributed by atoms with Gasteiger partial charge in [-0.2, -0.15) is 0 Å². The largest absolute Gasteiger partial charge is 0.0649 e. The fourth-order valence-corrected chi connectivity index (χ4v) is 19.3. The lowest BCUT2D eigenvalue weighted by Crippen LogP contribution is -2.54. The van der Waals surface area contributed by atoms with Crippen LogP contribution in [0.25, 0.3) is 0 Å². The summed E-state index contributed by atoms with van der Waals surface area (Å²) in [6.45, 7) is 29.7. The van der Waals surface area contributed by atoms with Gasteiger partial charge in [0.05, 0.1) is 0 Å². The molecule has 50 heavy (non-hydrogen) atoms. The zero-order valence-corrected chi connectivity index (χ0v) is 35.5. The summed E-state index contributed by atoms with van der Waals surface area (Å²) in [6, 6.07) is 0. The summed E-state index contributed by atoms with van der Waals surface area (Å²) in [7, 11) is 0. The van der Waals surface area contributed by atoms with Crippen molar-refractivity contribution < 1.29 is 0 Å². The summed E-state index contributed by atoms with van der Waals surface area (Å²) < 4.78 is 0. The van der Waals surface area contributed by atoms with E-state index >= 15 is 0 Å². The highest BCUT2D eigenvalue weighted by atomic mass is 14.8. The first kappa shape index (κ1) is 36.9. The third kappa shape index (κ3) is 5.19. The molecular formula is C50H86. The summed E-state index contributed by atoms with van der Waals surface area (Å²) in [5.41, 5.74) is 2.18. The third-order valence-corrected chi connectivity index (χ3v) is 22.0. The Morgan fingerprint density at radius 1 is 0.520 bits per heavy atom. The molecule has 8 fully saturated rings. The molecule has 0 bridgehead atoms. The van der Waals surface area contributed by atoms with Crippen molar-refractivity contribution in [2.75, 3.05) is 0 Å². The molecule has 8 aliphatic carbocycles. The van der Waals surface area contributed by atoms with Crippen molar-refractivity contribution in [1.82, 2.24) is 0 Å². The molecule has 0 aromatic rings. The summed E-state index contributed by atoms with van der Waals surface area (Å²) in [5, 5.41) is 0. The lowest BCUT2D eigenvalue weighted by atomic mass is 9.43. The summed E-state index contributed by atoms with van der Waals surface area (Å²) in [5.74, 6) is 17.1.